The molecule has 2 N–H and O–H groups in total. The van der Waals surface area contributed by atoms with E-state index in [1.165, 1.54) is 0 Å². The summed E-state index contributed by atoms with van der Waals surface area (Å²) in [4.78, 5) is 0. The van der Waals surface area contributed by atoms with E-state index < -0.39 is 0 Å². The van der Waals surface area contributed by atoms with E-state index in [2.05, 4.69) is 31.9 Å². The molecule has 1 rings (SSSR count). The second kappa shape index (κ2) is 5.22. The first-order valence-corrected chi connectivity index (χ1v) is 4.90. The van der Waals surface area contributed by atoms with Crippen molar-refractivity contribution in [1.29, 1.82) is 0 Å². The van der Waals surface area contributed by atoms with Gasteiger partial charge in [0.2, 0.25) is 0 Å². The molecule has 0 fully saturated rings. The Bertz CT molecular complexity index is 263. The fourth-order valence-corrected chi connectivity index (χ4v) is 1.44. The summed E-state index contributed by atoms with van der Waals surface area (Å²) < 4.78 is 2.11. The number of benzene rings is 1. The zero-order valence-electron chi connectivity index (χ0n) is 6.55. The van der Waals surface area contributed by atoms with E-state index in [1.807, 2.05) is 25.1 Å². The maximum absolute atomic E-state index is 5.70. The molecule has 1 atom stereocenters. The van der Waals surface area contributed by atoms with Crippen molar-refractivity contribution in [3.63, 3.8) is 0 Å². The molecule has 1 nitrogen and oxygen atoms in total. The molecule has 68 valence electrons. The van der Waals surface area contributed by atoms with Gasteiger partial charge in [-0.25, -0.2) is 0 Å². The molecule has 0 heterocycles. The standard InChI is InChI=1S/C8H9Br2N.ClH/c1-5(11)6-2-3-7(9)8(10)4-6;/h2-5H,11H2,1H3;1H/t5-;/m0./s1. The normalized spacial score (nSPS) is 12.0. The van der Waals surface area contributed by atoms with Crippen molar-refractivity contribution < 1.29 is 0 Å². The van der Waals surface area contributed by atoms with Gasteiger partial charge >= 0.3 is 0 Å². The highest BCUT2D eigenvalue weighted by molar-refractivity contribution is 9.13. The predicted octanol–water partition coefficient (Wildman–Crippen LogP) is 3.65. The maximum atomic E-state index is 5.70. The lowest BCUT2D eigenvalue weighted by Gasteiger charge is -2.05. The molecule has 0 saturated heterocycles. The summed E-state index contributed by atoms with van der Waals surface area (Å²) >= 11 is 6.80. The van der Waals surface area contributed by atoms with E-state index in [0.717, 1.165) is 14.5 Å². The van der Waals surface area contributed by atoms with Gasteiger partial charge in [-0.05, 0) is 56.5 Å². The average Bonchev–Trinajstić information content (AvgIpc) is 1.94. The molecule has 0 unspecified atom stereocenters. The summed E-state index contributed by atoms with van der Waals surface area (Å²) in [6.45, 7) is 1.97. The van der Waals surface area contributed by atoms with Crippen LogP contribution in [0.4, 0.5) is 0 Å². The molecule has 12 heavy (non-hydrogen) atoms. The molecule has 0 aliphatic heterocycles. The zero-order chi connectivity index (χ0) is 8.43. The Morgan fingerprint density at radius 3 is 2.25 bits per heavy atom. The highest BCUT2D eigenvalue weighted by Crippen LogP contribution is 2.25. The number of halogens is 3. The molecule has 0 saturated carbocycles. The first-order chi connectivity index (χ1) is 5.11. The summed E-state index contributed by atoms with van der Waals surface area (Å²) in [6.07, 6.45) is 0. The van der Waals surface area contributed by atoms with Crippen LogP contribution in [0.5, 0.6) is 0 Å². The maximum Gasteiger partial charge on any atom is 0.0320 e. The Morgan fingerprint density at radius 1 is 1.25 bits per heavy atom. The molecule has 1 aromatic carbocycles. The highest BCUT2D eigenvalue weighted by atomic mass is 79.9. The highest BCUT2D eigenvalue weighted by Gasteiger charge is 2.01. The van der Waals surface area contributed by atoms with Crippen molar-refractivity contribution >= 4 is 44.3 Å². The van der Waals surface area contributed by atoms with Crippen LogP contribution in [-0.2, 0) is 0 Å². The largest absolute Gasteiger partial charge is 0.324 e. The summed E-state index contributed by atoms with van der Waals surface area (Å²) in [5.41, 5.74) is 6.84. The number of hydrogen-bond donors (Lipinski definition) is 1. The van der Waals surface area contributed by atoms with Crippen LogP contribution in [0, 0.1) is 0 Å². The summed E-state index contributed by atoms with van der Waals surface area (Å²) in [5, 5.41) is 0. The molecule has 0 aromatic heterocycles. The van der Waals surface area contributed by atoms with Gasteiger partial charge in [0.15, 0.2) is 0 Å². The van der Waals surface area contributed by atoms with Crippen LogP contribution in [0.25, 0.3) is 0 Å². The average molecular weight is 315 g/mol. The Labute approximate surface area is 95.4 Å². The van der Waals surface area contributed by atoms with Gasteiger partial charge < -0.3 is 5.73 Å². The Hall–Kier alpha value is 0.430. The fraction of sp³-hybridized carbons (Fsp3) is 0.250. The molecule has 0 aliphatic rings. The Morgan fingerprint density at radius 2 is 1.83 bits per heavy atom. The fourth-order valence-electron chi connectivity index (χ4n) is 0.796. The molecule has 0 aliphatic carbocycles. The van der Waals surface area contributed by atoms with Crippen molar-refractivity contribution in [3.8, 4) is 0 Å². The molecule has 0 spiro atoms. The number of hydrogen-bond acceptors (Lipinski definition) is 1. The van der Waals surface area contributed by atoms with E-state index in [0.29, 0.717) is 0 Å². The first-order valence-electron chi connectivity index (χ1n) is 3.32. The molecular weight excluding hydrogens is 305 g/mol. The third-order valence-corrected chi connectivity index (χ3v) is 3.35. The smallest absolute Gasteiger partial charge is 0.0320 e. The van der Waals surface area contributed by atoms with Gasteiger partial charge in [0.25, 0.3) is 0 Å². The molecular formula is C8H10Br2ClN. The molecule has 0 amide bonds. The van der Waals surface area contributed by atoms with Gasteiger partial charge in [0.1, 0.15) is 0 Å². The first kappa shape index (κ1) is 12.4. The van der Waals surface area contributed by atoms with Crippen LogP contribution in [0.2, 0.25) is 0 Å². The van der Waals surface area contributed by atoms with Gasteiger partial charge in [0.05, 0.1) is 0 Å². The second-order valence-electron chi connectivity index (χ2n) is 2.46. The second-order valence-corrected chi connectivity index (χ2v) is 4.17. The van der Waals surface area contributed by atoms with Gasteiger partial charge in [-0.2, -0.15) is 0 Å². The van der Waals surface area contributed by atoms with Gasteiger partial charge in [-0.1, -0.05) is 6.07 Å². The summed E-state index contributed by atoms with van der Waals surface area (Å²) in [6, 6.07) is 6.12. The number of rotatable bonds is 1. The minimum Gasteiger partial charge on any atom is -0.324 e. The van der Waals surface area contributed by atoms with Crippen molar-refractivity contribution in [1.82, 2.24) is 0 Å². The van der Waals surface area contributed by atoms with Crippen molar-refractivity contribution in [2.45, 2.75) is 13.0 Å². The lowest BCUT2D eigenvalue weighted by molar-refractivity contribution is 0.817. The van der Waals surface area contributed by atoms with E-state index >= 15 is 0 Å². The van der Waals surface area contributed by atoms with Crippen molar-refractivity contribution in [2.75, 3.05) is 0 Å². The minimum atomic E-state index is 0. The third-order valence-electron chi connectivity index (χ3n) is 1.47. The SMILES string of the molecule is C[C@H](N)c1ccc(Br)c(Br)c1.Cl. The Balaban J connectivity index is 0.00000121. The molecule has 4 heteroatoms. The van der Waals surface area contributed by atoms with Crippen LogP contribution < -0.4 is 5.73 Å². The molecule has 0 bridgehead atoms. The van der Waals surface area contributed by atoms with E-state index in [9.17, 15) is 0 Å². The van der Waals surface area contributed by atoms with E-state index in [-0.39, 0.29) is 18.4 Å². The Kier molecular flexibility index (Phi) is 5.41. The monoisotopic (exact) mass is 313 g/mol. The van der Waals surface area contributed by atoms with Crippen LogP contribution in [-0.4, -0.2) is 0 Å². The van der Waals surface area contributed by atoms with Crippen molar-refractivity contribution in [3.05, 3.63) is 32.7 Å². The van der Waals surface area contributed by atoms with Gasteiger partial charge in [0, 0.05) is 15.0 Å². The number of nitrogens with two attached hydrogens (primary N) is 1. The third kappa shape index (κ3) is 3.05. The van der Waals surface area contributed by atoms with Crippen molar-refractivity contribution in [2.24, 2.45) is 5.73 Å². The lowest BCUT2D eigenvalue weighted by Crippen LogP contribution is -2.04. The zero-order valence-corrected chi connectivity index (χ0v) is 10.5. The van der Waals surface area contributed by atoms with Crippen LogP contribution >= 0.6 is 44.3 Å². The quantitative estimate of drug-likeness (QED) is 0.841. The molecule has 1 aromatic rings. The van der Waals surface area contributed by atoms with Crippen LogP contribution in [0.1, 0.15) is 18.5 Å². The van der Waals surface area contributed by atoms with Crippen LogP contribution in [0.15, 0.2) is 27.1 Å². The van der Waals surface area contributed by atoms with Gasteiger partial charge in [-0.3, -0.25) is 0 Å². The summed E-state index contributed by atoms with van der Waals surface area (Å²) in [7, 11) is 0. The van der Waals surface area contributed by atoms with E-state index in [1.54, 1.807) is 0 Å². The predicted molar refractivity (Wildman–Crippen MR) is 61.7 cm³/mol. The molecule has 0 radical (unpaired) electrons. The minimum absolute atomic E-state index is 0. The van der Waals surface area contributed by atoms with Crippen LogP contribution in [0.3, 0.4) is 0 Å². The lowest BCUT2D eigenvalue weighted by atomic mass is 10.1. The van der Waals surface area contributed by atoms with Gasteiger partial charge in [-0.15, -0.1) is 12.4 Å². The topological polar surface area (TPSA) is 26.0 Å². The van der Waals surface area contributed by atoms with E-state index in [4.69, 9.17) is 5.73 Å². The summed E-state index contributed by atoms with van der Waals surface area (Å²) in [5.74, 6) is 0.